The van der Waals surface area contributed by atoms with Crippen molar-refractivity contribution in [2.75, 3.05) is 0 Å². The molecule has 5 heteroatoms. The highest BCUT2D eigenvalue weighted by Crippen LogP contribution is 2.41. The van der Waals surface area contributed by atoms with E-state index in [1.807, 2.05) is 22.8 Å². The molecule has 0 N–H and O–H groups in total. The van der Waals surface area contributed by atoms with Crippen molar-refractivity contribution in [2.24, 2.45) is 0 Å². The maximum absolute atomic E-state index is 13.7. The van der Waals surface area contributed by atoms with E-state index in [1.165, 1.54) is 6.07 Å². The Morgan fingerprint density at radius 1 is 1.17 bits per heavy atom. The molecule has 1 heterocycles. The first-order chi connectivity index (χ1) is 11.2. The third-order valence-corrected chi connectivity index (χ3v) is 4.23. The van der Waals surface area contributed by atoms with Crippen LogP contribution in [0.5, 0.6) is 0 Å². The zero-order valence-electron chi connectivity index (χ0n) is 12.3. The van der Waals surface area contributed by atoms with E-state index in [2.05, 4.69) is 11.1 Å². The highest BCUT2D eigenvalue weighted by atomic mass is 19.2. The summed E-state index contributed by atoms with van der Waals surface area (Å²) in [5.74, 6) is -0.586. The molecule has 1 fully saturated rings. The molecule has 0 bridgehead atoms. The normalized spacial score (nSPS) is 14.1. The average molecular weight is 309 g/mol. The Labute approximate surface area is 131 Å². The molecule has 0 saturated heterocycles. The smallest absolute Gasteiger partial charge is 0.161 e. The molecular formula is C18H13F2N3. The van der Waals surface area contributed by atoms with Gasteiger partial charge in [0.1, 0.15) is 5.82 Å². The second-order valence-corrected chi connectivity index (χ2v) is 5.85. The SMILES string of the molecule is N#Cc1ccccc1Cn1c(C2CC2)nc2cc(F)c(F)cc21. The summed E-state index contributed by atoms with van der Waals surface area (Å²) in [5, 5.41) is 9.25. The first kappa shape index (κ1) is 13.9. The van der Waals surface area contributed by atoms with Gasteiger partial charge in [0, 0.05) is 18.1 Å². The summed E-state index contributed by atoms with van der Waals surface area (Å²) in [6.07, 6.45) is 2.07. The molecule has 3 aromatic rings. The largest absolute Gasteiger partial charge is 0.323 e. The summed E-state index contributed by atoms with van der Waals surface area (Å²) >= 11 is 0. The van der Waals surface area contributed by atoms with Gasteiger partial charge < -0.3 is 4.57 Å². The Balaban J connectivity index is 1.89. The van der Waals surface area contributed by atoms with Crippen LogP contribution in [-0.4, -0.2) is 9.55 Å². The maximum Gasteiger partial charge on any atom is 0.161 e. The van der Waals surface area contributed by atoms with Crippen LogP contribution in [-0.2, 0) is 6.54 Å². The Morgan fingerprint density at radius 2 is 1.91 bits per heavy atom. The van der Waals surface area contributed by atoms with Gasteiger partial charge in [-0.15, -0.1) is 0 Å². The summed E-state index contributed by atoms with van der Waals surface area (Å²) in [4.78, 5) is 4.50. The van der Waals surface area contributed by atoms with Crippen molar-refractivity contribution in [1.29, 1.82) is 5.26 Å². The maximum atomic E-state index is 13.7. The van der Waals surface area contributed by atoms with Crippen molar-refractivity contribution in [1.82, 2.24) is 9.55 Å². The molecule has 0 radical (unpaired) electrons. The number of hydrogen-bond acceptors (Lipinski definition) is 2. The molecule has 3 nitrogen and oxygen atoms in total. The topological polar surface area (TPSA) is 41.6 Å². The lowest BCUT2D eigenvalue weighted by atomic mass is 10.1. The fraction of sp³-hybridized carbons (Fsp3) is 0.222. The van der Waals surface area contributed by atoms with E-state index < -0.39 is 11.6 Å². The van der Waals surface area contributed by atoms with Gasteiger partial charge in [-0.1, -0.05) is 18.2 Å². The van der Waals surface area contributed by atoms with Crippen LogP contribution >= 0.6 is 0 Å². The van der Waals surface area contributed by atoms with Crippen LogP contribution in [0.2, 0.25) is 0 Å². The van der Waals surface area contributed by atoms with Crippen LogP contribution in [0.1, 0.15) is 35.7 Å². The number of rotatable bonds is 3. The highest BCUT2D eigenvalue weighted by Gasteiger charge is 2.30. The molecular weight excluding hydrogens is 296 g/mol. The minimum absolute atomic E-state index is 0.336. The third kappa shape index (κ3) is 2.36. The first-order valence-corrected chi connectivity index (χ1v) is 7.50. The number of hydrogen-bond donors (Lipinski definition) is 0. The average Bonchev–Trinajstić information content (AvgIpc) is 3.34. The molecule has 114 valence electrons. The Hall–Kier alpha value is -2.74. The van der Waals surface area contributed by atoms with Gasteiger partial charge in [-0.3, -0.25) is 0 Å². The van der Waals surface area contributed by atoms with Crippen molar-refractivity contribution in [3.63, 3.8) is 0 Å². The van der Waals surface area contributed by atoms with Gasteiger partial charge in [-0.2, -0.15) is 5.26 Å². The second kappa shape index (κ2) is 5.17. The van der Waals surface area contributed by atoms with Crippen molar-refractivity contribution in [2.45, 2.75) is 25.3 Å². The molecule has 4 rings (SSSR count). The lowest BCUT2D eigenvalue weighted by Crippen LogP contribution is -2.06. The van der Waals surface area contributed by atoms with E-state index in [4.69, 9.17) is 0 Å². The monoisotopic (exact) mass is 309 g/mol. The highest BCUT2D eigenvalue weighted by molar-refractivity contribution is 5.76. The number of nitrogens with zero attached hydrogens (tertiary/aromatic N) is 3. The van der Waals surface area contributed by atoms with Gasteiger partial charge in [0.15, 0.2) is 11.6 Å². The summed E-state index contributed by atoms with van der Waals surface area (Å²) in [6, 6.07) is 11.8. The van der Waals surface area contributed by atoms with Gasteiger partial charge in [0.05, 0.1) is 29.2 Å². The van der Waals surface area contributed by atoms with Gasteiger partial charge in [0.25, 0.3) is 0 Å². The minimum atomic E-state index is -0.887. The summed E-state index contributed by atoms with van der Waals surface area (Å²) in [6.45, 7) is 0.428. The standard InChI is InChI=1S/C18H13F2N3/c19-14-7-16-17(8-15(14)20)23(18(22-16)11-5-6-11)10-13-4-2-1-3-12(13)9-21/h1-4,7-8,11H,5-6,10H2. The van der Waals surface area contributed by atoms with E-state index in [0.29, 0.717) is 29.1 Å². The first-order valence-electron chi connectivity index (χ1n) is 7.50. The lowest BCUT2D eigenvalue weighted by Gasteiger charge is -2.10. The molecule has 0 aliphatic heterocycles. The fourth-order valence-electron chi connectivity index (χ4n) is 2.90. The lowest BCUT2D eigenvalue weighted by molar-refractivity contribution is 0.510. The minimum Gasteiger partial charge on any atom is -0.323 e. The molecule has 1 aromatic heterocycles. The predicted molar refractivity (Wildman–Crippen MR) is 81.9 cm³/mol. The second-order valence-electron chi connectivity index (χ2n) is 5.85. The van der Waals surface area contributed by atoms with Crippen molar-refractivity contribution >= 4 is 11.0 Å². The predicted octanol–water partition coefficient (Wildman–Crippen LogP) is 4.11. The molecule has 0 atom stereocenters. The molecule has 2 aromatic carbocycles. The number of halogens is 2. The number of benzene rings is 2. The molecule has 1 aliphatic rings. The fourth-order valence-corrected chi connectivity index (χ4v) is 2.90. The van der Waals surface area contributed by atoms with Crippen molar-refractivity contribution in [3.8, 4) is 6.07 Å². The summed E-state index contributed by atoms with van der Waals surface area (Å²) in [7, 11) is 0. The Kier molecular flexibility index (Phi) is 3.12. The number of nitriles is 1. The number of fused-ring (bicyclic) bond motifs is 1. The van der Waals surface area contributed by atoms with Crippen LogP contribution in [0.15, 0.2) is 36.4 Å². The van der Waals surface area contributed by atoms with E-state index in [0.717, 1.165) is 30.3 Å². The van der Waals surface area contributed by atoms with Crippen LogP contribution in [0.3, 0.4) is 0 Å². The van der Waals surface area contributed by atoms with E-state index in [-0.39, 0.29) is 0 Å². The van der Waals surface area contributed by atoms with Gasteiger partial charge in [-0.25, -0.2) is 13.8 Å². The van der Waals surface area contributed by atoms with Crippen molar-refractivity contribution < 1.29 is 8.78 Å². The molecule has 1 saturated carbocycles. The number of aromatic nitrogens is 2. The zero-order chi connectivity index (χ0) is 16.0. The van der Waals surface area contributed by atoms with Crippen LogP contribution in [0, 0.1) is 23.0 Å². The quantitative estimate of drug-likeness (QED) is 0.730. The zero-order valence-corrected chi connectivity index (χ0v) is 12.3. The molecule has 0 spiro atoms. The van der Waals surface area contributed by atoms with Crippen LogP contribution in [0.4, 0.5) is 8.78 Å². The molecule has 0 amide bonds. The van der Waals surface area contributed by atoms with E-state index in [9.17, 15) is 14.0 Å². The van der Waals surface area contributed by atoms with Crippen molar-refractivity contribution in [3.05, 3.63) is 65.0 Å². The van der Waals surface area contributed by atoms with E-state index >= 15 is 0 Å². The van der Waals surface area contributed by atoms with E-state index in [1.54, 1.807) is 6.07 Å². The van der Waals surface area contributed by atoms with Gasteiger partial charge >= 0.3 is 0 Å². The Morgan fingerprint density at radius 3 is 2.65 bits per heavy atom. The molecule has 23 heavy (non-hydrogen) atoms. The van der Waals surface area contributed by atoms with Crippen LogP contribution < -0.4 is 0 Å². The Bertz CT molecular complexity index is 949. The molecule has 1 aliphatic carbocycles. The van der Waals surface area contributed by atoms with Crippen LogP contribution in [0.25, 0.3) is 11.0 Å². The third-order valence-electron chi connectivity index (χ3n) is 4.23. The summed E-state index contributed by atoms with van der Waals surface area (Å²) < 4.78 is 29.1. The molecule has 0 unspecified atom stereocenters. The van der Waals surface area contributed by atoms with Gasteiger partial charge in [-0.05, 0) is 24.5 Å². The number of imidazole rings is 1. The van der Waals surface area contributed by atoms with Gasteiger partial charge in [0.2, 0.25) is 0 Å². The summed E-state index contributed by atoms with van der Waals surface area (Å²) in [5.41, 5.74) is 2.46.